The molecule has 6 heteroatoms. The van der Waals surface area contributed by atoms with Crippen LogP contribution in [0, 0.1) is 13.8 Å². The molecule has 2 rings (SSSR count). The Morgan fingerprint density at radius 1 is 1.42 bits per heavy atom. The maximum Gasteiger partial charge on any atom is 0.340 e. The first-order valence-electron chi connectivity index (χ1n) is 5.61. The van der Waals surface area contributed by atoms with Gasteiger partial charge in [0, 0.05) is 11.5 Å². The summed E-state index contributed by atoms with van der Waals surface area (Å²) in [6.45, 7) is 3.69. The van der Waals surface area contributed by atoms with Crippen LogP contribution >= 0.6 is 15.9 Å². The van der Waals surface area contributed by atoms with E-state index in [4.69, 9.17) is 4.74 Å². The van der Waals surface area contributed by atoms with E-state index in [-0.39, 0.29) is 5.56 Å². The highest BCUT2D eigenvalue weighted by Gasteiger charge is 2.19. The fourth-order valence-corrected chi connectivity index (χ4v) is 2.33. The van der Waals surface area contributed by atoms with Crippen molar-refractivity contribution in [1.82, 2.24) is 9.78 Å². The van der Waals surface area contributed by atoms with Gasteiger partial charge in [0.15, 0.2) is 5.75 Å². The summed E-state index contributed by atoms with van der Waals surface area (Å²) in [6.07, 6.45) is 0. The van der Waals surface area contributed by atoms with Gasteiger partial charge in [-0.1, -0.05) is 6.07 Å². The number of aromatic nitrogens is 2. The molecule has 0 aliphatic rings. The average molecular weight is 325 g/mol. The van der Waals surface area contributed by atoms with E-state index in [0.29, 0.717) is 16.0 Å². The molecular formula is C13H13BrN2O3. The summed E-state index contributed by atoms with van der Waals surface area (Å²) in [5.74, 6) is -0.161. The molecule has 0 saturated carbocycles. The highest BCUT2D eigenvalue weighted by molar-refractivity contribution is 9.10. The molecule has 0 fully saturated rings. The average Bonchev–Trinajstić information content (AvgIpc) is 2.55. The lowest BCUT2D eigenvalue weighted by Crippen LogP contribution is -2.02. The molecule has 0 amide bonds. The Balaban J connectivity index is 2.50. The number of halogens is 1. The number of rotatable bonds is 3. The second kappa shape index (κ2) is 5.05. The van der Waals surface area contributed by atoms with Gasteiger partial charge in [-0.05, 0) is 41.9 Å². The first-order valence-corrected chi connectivity index (χ1v) is 6.41. The SMILES string of the molecule is Cc1nn(C)c(C)c1Oc1cccc(Br)c1C(=O)O. The van der Waals surface area contributed by atoms with Crippen molar-refractivity contribution in [1.29, 1.82) is 0 Å². The zero-order valence-electron chi connectivity index (χ0n) is 10.8. The van der Waals surface area contributed by atoms with Crippen LogP contribution < -0.4 is 4.74 Å². The second-order valence-corrected chi connectivity index (χ2v) is 5.00. The van der Waals surface area contributed by atoms with Crippen LogP contribution in [0.3, 0.4) is 0 Å². The Kier molecular flexibility index (Phi) is 3.61. The van der Waals surface area contributed by atoms with Gasteiger partial charge in [-0.25, -0.2) is 4.79 Å². The minimum Gasteiger partial charge on any atom is -0.478 e. The third-order valence-corrected chi connectivity index (χ3v) is 3.50. The molecule has 100 valence electrons. The molecule has 19 heavy (non-hydrogen) atoms. The molecule has 2 aromatic rings. The Hall–Kier alpha value is -1.82. The van der Waals surface area contributed by atoms with Crippen molar-refractivity contribution in [2.45, 2.75) is 13.8 Å². The van der Waals surface area contributed by atoms with E-state index in [9.17, 15) is 9.90 Å². The molecule has 0 radical (unpaired) electrons. The smallest absolute Gasteiger partial charge is 0.340 e. The van der Waals surface area contributed by atoms with Gasteiger partial charge in [0.2, 0.25) is 0 Å². The maximum absolute atomic E-state index is 11.3. The zero-order chi connectivity index (χ0) is 14.2. The van der Waals surface area contributed by atoms with Crippen LogP contribution in [0.25, 0.3) is 0 Å². The molecule has 0 aliphatic carbocycles. The third-order valence-electron chi connectivity index (χ3n) is 2.84. The standard InChI is InChI=1S/C13H13BrN2O3/c1-7-12(8(2)16(3)15-7)19-10-6-4-5-9(14)11(10)13(17)18/h4-6H,1-3H3,(H,17,18). The first-order chi connectivity index (χ1) is 8.91. The number of benzene rings is 1. The summed E-state index contributed by atoms with van der Waals surface area (Å²) >= 11 is 3.22. The summed E-state index contributed by atoms with van der Waals surface area (Å²) in [6, 6.07) is 5.02. The Morgan fingerprint density at radius 3 is 2.63 bits per heavy atom. The van der Waals surface area contributed by atoms with E-state index in [1.165, 1.54) is 0 Å². The summed E-state index contributed by atoms with van der Waals surface area (Å²) in [5.41, 5.74) is 1.66. The van der Waals surface area contributed by atoms with Crippen molar-refractivity contribution in [3.05, 3.63) is 39.6 Å². The van der Waals surface area contributed by atoms with Crippen molar-refractivity contribution >= 4 is 21.9 Å². The maximum atomic E-state index is 11.3. The Labute approximate surface area is 118 Å². The molecule has 0 unspecified atom stereocenters. The number of carbonyl (C=O) groups is 1. The molecule has 5 nitrogen and oxygen atoms in total. The molecule has 1 aromatic heterocycles. The summed E-state index contributed by atoms with van der Waals surface area (Å²) in [5, 5.41) is 13.5. The number of aromatic carboxylic acids is 1. The Morgan fingerprint density at radius 2 is 2.11 bits per heavy atom. The predicted molar refractivity (Wildman–Crippen MR) is 73.9 cm³/mol. The van der Waals surface area contributed by atoms with Crippen LogP contribution in [0.1, 0.15) is 21.7 Å². The van der Waals surface area contributed by atoms with Crippen LogP contribution in [0.5, 0.6) is 11.5 Å². The summed E-state index contributed by atoms with van der Waals surface area (Å²) in [7, 11) is 1.81. The highest BCUT2D eigenvalue weighted by atomic mass is 79.9. The monoisotopic (exact) mass is 324 g/mol. The largest absolute Gasteiger partial charge is 0.478 e. The van der Waals surface area contributed by atoms with Crippen molar-refractivity contribution in [2.24, 2.45) is 7.05 Å². The molecular weight excluding hydrogens is 312 g/mol. The number of hydrogen-bond donors (Lipinski definition) is 1. The van der Waals surface area contributed by atoms with E-state index < -0.39 is 5.97 Å². The minimum atomic E-state index is -1.04. The second-order valence-electron chi connectivity index (χ2n) is 4.14. The van der Waals surface area contributed by atoms with Gasteiger partial charge in [-0.15, -0.1) is 0 Å². The van der Waals surface area contributed by atoms with E-state index in [2.05, 4.69) is 21.0 Å². The van der Waals surface area contributed by atoms with Gasteiger partial charge >= 0.3 is 5.97 Å². The topological polar surface area (TPSA) is 64.4 Å². The van der Waals surface area contributed by atoms with Gasteiger partial charge < -0.3 is 9.84 Å². The molecule has 1 aromatic carbocycles. The predicted octanol–water partition coefficient (Wildman–Crippen LogP) is 3.29. The molecule has 0 saturated heterocycles. The minimum absolute atomic E-state index is 0.102. The van der Waals surface area contributed by atoms with E-state index >= 15 is 0 Å². The molecule has 0 aliphatic heterocycles. The first kappa shape index (κ1) is 13.6. The summed E-state index contributed by atoms with van der Waals surface area (Å²) in [4.78, 5) is 11.3. The number of nitrogens with zero attached hydrogens (tertiary/aromatic N) is 2. The van der Waals surface area contributed by atoms with Crippen LogP contribution in [0.15, 0.2) is 22.7 Å². The molecule has 0 spiro atoms. The fraction of sp³-hybridized carbons (Fsp3) is 0.231. The van der Waals surface area contributed by atoms with Gasteiger partial charge in [0.25, 0.3) is 0 Å². The summed E-state index contributed by atoms with van der Waals surface area (Å²) < 4.78 is 7.92. The number of carboxylic acids is 1. The van der Waals surface area contributed by atoms with E-state index in [1.54, 1.807) is 22.9 Å². The number of ether oxygens (including phenoxy) is 1. The fourth-order valence-electron chi connectivity index (χ4n) is 1.81. The third kappa shape index (κ3) is 2.49. The van der Waals surface area contributed by atoms with Gasteiger partial charge in [0.05, 0.1) is 5.69 Å². The lowest BCUT2D eigenvalue weighted by atomic mass is 10.2. The van der Waals surface area contributed by atoms with Gasteiger partial charge in [-0.3, -0.25) is 4.68 Å². The van der Waals surface area contributed by atoms with Crippen molar-refractivity contribution < 1.29 is 14.6 Å². The lowest BCUT2D eigenvalue weighted by Gasteiger charge is -2.10. The zero-order valence-corrected chi connectivity index (χ0v) is 12.4. The van der Waals surface area contributed by atoms with Crippen molar-refractivity contribution in [3.8, 4) is 11.5 Å². The van der Waals surface area contributed by atoms with Crippen LogP contribution in [-0.4, -0.2) is 20.9 Å². The molecule has 0 bridgehead atoms. The van der Waals surface area contributed by atoms with Crippen LogP contribution in [0.2, 0.25) is 0 Å². The highest BCUT2D eigenvalue weighted by Crippen LogP contribution is 2.33. The number of carboxylic acid groups (broad SMARTS) is 1. The van der Waals surface area contributed by atoms with Crippen molar-refractivity contribution in [2.75, 3.05) is 0 Å². The molecule has 0 atom stereocenters. The Bertz CT molecular complexity index is 650. The van der Waals surface area contributed by atoms with Crippen molar-refractivity contribution in [3.63, 3.8) is 0 Å². The van der Waals surface area contributed by atoms with Gasteiger partial charge in [0.1, 0.15) is 17.0 Å². The van der Waals surface area contributed by atoms with E-state index in [1.807, 2.05) is 20.9 Å². The molecule has 1 heterocycles. The molecule has 1 N–H and O–H groups in total. The van der Waals surface area contributed by atoms with E-state index in [0.717, 1.165) is 11.4 Å². The van der Waals surface area contributed by atoms with Gasteiger partial charge in [-0.2, -0.15) is 5.10 Å². The normalized spacial score (nSPS) is 10.5. The number of aryl methyl sites for hydroxylation is 2. The van der Waals surface area contributed by atoms with Crippen LogP contribution in [-0.2, 0) is 7.05 Å². The number of hydrogen-bond acceptors (Lipinski definition) is 3. The quantitative estimate of drug-likeness (QED) is 0.940. The van der Waals surface area contributed by atoms with Crippen LogP contribution in [0.4, 0.5) is 0 Å². The lowest BCUT2D eigenvalue weighted by molar-refractivity contribution is 0.0693.